The molecule has 0 amide bonds. The van der Waals surface area contributed by atoms with E-state index >= 15 is 0 Å². The number of benzene rings is 1. The zero-order chi connectivity index (χ0) is 15.8. The van der Waals surface area contributed by atoms with Gasteiger partial charge in [0.2, 0.25) is 10.0 Å². The van der Waals surface area contributed by atoms with Crippen molar-refractivity contribution in [2.45, 2.75) is 36.1 Å². The molecule has 0 spiro atoms. The summed E-state index contributed by atoms with van der Waals surface area (Å²) >= 11 is 0. The highest BCUT2D eigenvalue weighted by molar-refractivity contribution is 7.89. The Kier molecular flexibility index (Phi) is 3.62. The number of nitrogens with zero attached hydrogens (tertiary/aromatic N) is 1. The largest absolute Gasteiger partial charge is 0.480 e. The minimum atomic E-state index is -3.97. The van der Waals surface area contributed by atoms with Crippen molar-refractivity contribution in [3.8, 4) is 0 Å². The number of carboxylic acids is 1. The van der Waals surface area contributed by atoms with Gasteiger partial charge in [0.25, 0.3) is 0 Å². The molecule has 0 atom stereocenters. The molecule has 22 heavy (non-hydrogen) atoms. The number of hydrogen-bond acceptors (Lipinski definition) is 4. The molecule has 1 aliphatic carbocycles. The molecule has 1 aliphatic rings. The Morgan fingerprint density at radius 3 is 2.55 bits per heavy atom. The number of carboxylic acid groups (broad SMARTS) is 1. The number of aromatic nitrogens is 1. The van der Waals surface area contributed by atoms with Crippen LogP contribution in [0.2, 0.25) is 0 Å². The SMILES string of the molecule is O=C(O)C1(NS(=O)(=O)c2cccc3cccnc23)CCCC1. The third kappa shape index (κ3) is 2.46. The first-order chi connectivity index (χ1) is 10.4. The van der Waals surface area contributed by atoms with E-state index in [1.165, 1.54) is 12.3 Å². The van der Waals surface area contributed by atoms with Crippen LogP contribution in [-0.4, -0.2) is 30.0 Å². The highest BCUT2D eigenvalue weighted by Crippen LogP contribution is 2.32. The predicted molar refractivity (Wildman–Crippen MR) is 80.9 cm³/mol. The summed E-state index contributed by atoms with van der Waals surface area (Å²) in [7, 11) is -3.97. The summed E-state index contributed by atoms with van der Waals surface area (Å²) in [6.45, 7) is 0. The first-order valence-electron chi connectivity index (χ1n) is 7.06. The van der Waals surface area contributed by atoms with Gasteiger partial charge in [0, 0.05) is 11.6 Å². The summed E-state index contributed by atoms with van der Waals surface area (Å²) in [4.78, 5) is 15.7. The van der Waals surface area contributed by atoms with Gasteiger partial charge < -0.3 is 5.11 Å². The molecule has 0 saturated heterocycles. The Labute approximate surface area is 128 Å². The number of para-hydroxylation sites is 1. The second-order valence-corrected chi connectivity index (χ2v) is 7.18. The van der Waals surface area contributed by atoms with Crippen LogP contribution in [0, 0.1) is 0 Å². The smallest absolute Gasteiger partial charge is 0.324 e. The number of aliphatic carboxylic acids is 1. The van der Waals surface area contributed by atoms with Crippen molar-refractivity contribution in [3.63, 3.8) is 0 Å². The van der Waals surface area contributed by atoms with Gasteiger partial charge in [0.1, 0.15) is 10.4 Å². The third-order valence-electron chi connectivity index (χ3n) is 4.08. The maximum atomic E-state index is 12.7. The van der Waals surface area contributed by atoms with Gasteiger partial charge in [-0.25, -0.2) is 8.42 Å². The normalized spacial score (nSPS) is 17.6. The molecule has 7 heteroatoms. The van der Waals surface area contributed by atoms with Crippen LogP contribution in [0.3, 0.4) is 0 Å². The Morgan fingerprint density at radius 1 is 1.18 bits per heavy atom. The molecule has 116 valence electrons. The van der Waals surface area contributed by atoms with Crippen LogP contribution in [-0.2, 0) is 14.8 Å². The van der Waals surface area contributed by atoms with Gasteiger partial charge in [-0.2, -0.15) is 4.72 Å². The summed E-state index contributed by atoms with van der Waals surface area (Å²) in [6, 6.07) is 8.33. The van der Waals surface area contributed by atoms with Crippen molar-refractivity contribution in [3.05, 3.63) is 36.5 Å². The number of hydrogen-bond donors (Lipinski definition) is 2. The van der Waals surface area contributed by atoms with Crippen LogP contribution in [0.1, 0.15) is 25.7 Å². The number of sulfonamides is 1. The molecule has 0 aliphatic heterocycles. The molecular formula is C15H16N2O4S. The second kappa shape index (κ2) is 5.33. The lowest BCUT2D eigenvalue weighted by Crippen LogP contribution is -2.52. The van der Waals surface area contributed by atoms with Crippen LogP contribution in [0.4, 0.5) is 0 Å². The average Bonchev–Trinajstić information content (AvgIpc) is 2.96. The highest BCUT2D eigenvalue weighted by atomic mass is 32.2. The van der Waals surface area contributed by atoms with Crippen LogP contribution in [0.25, 0.3) is 10.9 Å². The predicted octanol–water partition coefficient (Wildman–Crippen LogP) is 1.91. The van der Waals surface area contributed by atoms with E-state index in [0.717, 1.165) is 0 Å². The monoisotopic (exact) mass is 320 g/mol. The fourth-order valence-electron chi connectivity index (χ4n) is 2.94. The van der Waals surface area contributed by atoms with Gasteiger partial charge in [0.15, 0.2) is 0 Å². The van der Waals surface area contributed by atoms with Gasteiger partial charge in [-0.15, -0.1) is 0 Å². The summed E-state index contributed by atoms with van der Waals surface area (Å²) in [6.07, 6.45) is 3.52. The first kappa shape index (κ1) is 14.9. The Balaban J connectivity index is 2.07. The van der Waals surface area contributed by atoms with E-state index in [-0.39, 0.29) is 4.90 Å². The van der Waals surface area contributed by atoms with E-state index in [4.69, 9.17) is 0 Å². The first-order valence-corrected chi connectivity index (χ1v) is 8.54. The van der Waals surface area contributed by atoms with Crippen molar-refractivity contribution in [1.29, 1.82) is 0 Å². The molecule has 1 heterocycles. The maximum absolute atomic E-state index is 12.7. The van der Waals surface area contributed by atoms with E-state index in [9.17, 15) is 18.3 Å². The van der Waals surface area contributed by atoms with Gasteiger partial charge in [-0.1, -0.05) is 31.0 Å². The van der Waals surface area contributed by atoms with E-state index in [2.05, 4.69) is 9.71 Å². The van der Waals surface area contributed by atoms with Crippen molar-refractivity contribution in [1.82, 2.24) is 9.71 Å². The van der Waals surface area contributed by atoms with Crippen LogP contribution < -0.4 is 4.72 Å². The Hall–Kier alpha value is -1.99. The van der Waals surface area contributed by atoms with Crippen LogP contribution in [0.15, 0.2) is 41.4 Å². The fourth-order valence-corrected chi connectivity index (χ4v) is 4.54. The molecule has 1 aromatic heterocycles. The topological polar surface area (TPSA) is 96.4 Å². The summed E-state index contributed by atoms with van der Waals surface area (Å²) in [5.74, 6) is -1.12. The molecule has 0 unspecified atom stereocenters. The molecule has 1 saturated carbocycles. The number of rotatable bonds is 4. The molecule has 6 nitrogen and oxygen atoms in total. The van der Waals surface area contributed by atoms with Crippen LogP contribution in [0.5, 0.6) is 0 Å². The van der Waals surface area contributed by atoms with Gasteiger partial charge in [0.05, 0.1) is 5.52 Å². The lowest BCUT2D eigenvalue weighted by atomic mass is 10.0. The van der Waals surface area contributed by atoms with Crippen molar-refractivity contribution in [2.24, 2.45) is 0 Å². The summed E-state index contributed by atoms with van der Waals surface area (Å²) < 4.78 is 27.8. The van der Waals surface area contributed by atoms with Crippen molar-refractivity contribution < 1.29 is 18.3 Å². The van der Waals surface area contributed by atoms with E-state index < -0.39 is 21.5 Å². The van der Waals surface area contributed by atoms with E-state index in [1.54, 1.807) is 24.3 Å². The summed E-state index contributed by atoms with van der Waals surface area (Å²) in [5.41, 5.74) is -1.06. The van der Waals surface area contributed by atoms with E-state index in [0.29, 0.717) is 36.6 Å². The lowest BCUT2D eigenvalue weighted by molar-refractivity contribution is -0.143. The van der Waals surface area contributed by atoms with Gasteiger partial charge >= 0.3 is 5.97 Å². The molecular weight excluding hydrogens is 304 g/mol. The summed E-state index contributed by atoms with van der Waals surface area (Å²) in [5, 5.41) is 10.1. The zero-order valence-corrected chi connectivity index (χ0v) is 12.6. The van der Waals surface area contributed by atoms with Gasteiger partial charge in [-0.05, 0) is 25.0 Å². The number of fused-ring (bicyclic) bond motifs is 1. The van der Waals surface area contributed by atoms with Gasteiger partial charge in [-0.3, -0.25) is 9.78 Å². The lowest BCUT2D eigenvalue weighted by Gasteiger charge is -2.25. The molecule has 2 N–H and O–H groups in total. The number of carbonyl (C=O) groups is 1. The minimum Gasteiger partial charge on any atom is -0.480 e. The molecule has 0 bridgehead atoms. The van der Waals surface area contributed by atoms with Crippen LogP contribution >= 0.6 is 0 Å². The number of pyridine rings is 1. The zero-order valence-electron chi connectivity index (χ0n) is 11.8. The van der Waals surface area contributed by atoms with Crippen molar-refractivity contribution in [2.75, 3.05) is 0 Å². The molecule has 1 fully saturated rings. The molecule has 3 rings (SSSR count). The minimum absolute atomic E-state index is 0.0122. The fraction of sp³-hybridized carbons (Fsp3) is 0.333. The average molecular weight is 320 g/mol. The Morgan fingerprint density at radius 2 is 1.86 bits per heavy atom. The molecule has 1 aromatic carbocycles. The molecule has 2 aromatic rings. The standard InChI is InChI=1S/C15H16N2O4S/c18-14(19)15(8-1-2-9-15)17-22(20,21)12-7-3-5-11-6-4-10-16-13(11)12/h3-7,10,17H,1-2,8-9H2,(H,18,19). The molecule has 0 radical (unpaired) electrons. The Bertz CT molecular complexity index is 821. The quantitative estimate of drug-likeness (QED) is 0.897. The maximum Gasteiger partial charge on any atom is 0.324 e. The highest BCUT2D eigenvalue weighted by Gasteiger charge is 2.45. The second-order valence-electron chi connectivity index (χ2n) is 5.53. The third-order valence-corrected chi connectivity index (χ3v) is 5.65. The van der Waals surface area contributed by atoms with Crippen molar-refractivity contribution >= 4 is 26.9 Å². The van der Waals surface area contributed by atoms with E-state index in [1.807, 2.05) is 0 Å². The number of nitrogens with one attached hydrogen (secondary N) is 1.